The van der Waals surface area contributed by atoms with Crippen LogP contribution in [0.5, 0.6) is 11.5 Å². The van der Waals surface area contributed by atoms with Crippen molar-refractivity contribution >= 4 is 50.9 Å². The van der Waals surface area contributed by atoms with Gasteiger partial charge < -0.3 is 14.2 Å². The minimum atomic E-state index is -0.724. The Hall–Kier alpha value is -3.32. The summed E-state index contributed by atoms with van der Waals surface area (Å²) in [4.78, 5) is 32.1. The molecule has 1 aliphatic heterocycles. The van der Waals surface area contributed by atoms with Crippen molar-refractivity contribution in [1.82, 2.24) is 4.57 Å². The summed E-state index contributed by atoms with van der Waals surface area (Å²) >= 11 is 10.8. The van der Waals surface area contributed by atoms with E-state index in [1.54, 1.807) is 63.2 Å². The van der Waals surface area contributed by atoms with Gasteiger partial charge >= 0.3 is 5.97 Å². The van der Waals surface area contributed by atoms with E-state index in [2.05, 4.69) is 26.8 Å². The quantitative estimate of drug-likeness (QED) is 0.286. The molecule has 2 heterocycles. The summed E-state index contributed by atoms with van der Waals surface area (Å²) in [6, 6.07) is 9.87. The highest BCUT2D eigenvalue weighted by molar-refractivity contribution is 9.10. The zero-order valence-corrected chi connectivity index (χ0v) is 24.2. The zero-order chi connectivity index (χ0) is 27.6. The van der Waals surface area contributed by atoms with E-state index >= 15 is 0 Å². The molecule has 0 N–H and O–H groups in total. The van der Waals surface area contributed by atoms with Crippen molar-refractivity contribution in [2.75, 3.05) is 13.7 Å². The van der Waals surface area contributed by atoms with Crippen LogP contribution in [0.1, 0.15) is 37.9 Å². The lowest BCUT2D eigenvalue weighted by Gasteiger charge is -2.25. The Morgan fingerprint density at radius 2 is 2.03 bits per heavy atom. The number of fused-ring (bicyclic) bond motifs is 1. The molecule has 1 aliphatic rings. The largest absolute Gasteiger partial charge is 0.493 e. The van der Waals surface area contributed by atoms with Crippen LogP contribution in [0.3, 0.4) is 0 Å². The molecule has 0 radical (unpaired) electrons. The smallest absolute Gasteiger partial charge is 0.338 e. The minimum absolute atomic E-state index is 0.0819. The minimum Gasteiger partial charge on any atom is -0.493 e. The lowest BCUT2D eigenvalue weighted by molar-refractivity contribution is -0.143. The molecule has 0 bridgehead atoms. The number of methoxy groups -OCH3 is 1. The number of esters is 1. The van der Waals surface area contributed by atoms with Crippen molar-refractivity contribution in [2.45, 2.75) is 32.9 Å². The third-order valence-electron chi connectivity index (χ3n) is 5.62. The summed E-state index contributed by atoms with van der Waals surface area (Å²) in [5.74, 6) is 2.83. The van der Waals surface area contributed by atoms with E-state index in [4.69, 9.17) is 32.2 Å². The normalized spacial score (nSPS) is 15.1. The van der Waals surface area contributed by atoms with Gasteiger partial charge in [-0.2, -0.15) is 0 Å². The molecule has 1 aromatic heterocycles. The average Bonchev–Trinajstić information content (AvgIpc) is 3.16. The summed E-state index contributed by atoms with van der Waals surface area (Å²) in [5.41, 5.74) is 1.91. The van der Waals surface area contributed by atoms with Crippen molar-refractivity contribution in [3.05, 3.63) is 88.0 Å². The molecule has 196 valence electrons. The number of benzene rings is 2. The van der Waals surface area contributed by atoms with Gasteiger partial charge in [0, 0.05) is 5.02 Å². The topological polar surface area (TPSA) is 79.1 Å². The van der Waals surface area contributed by atoms with Crippen LogP contribution in [0, 0.1) is 12.3 Å². The van der Waals surface area contributed by atoms with Crippen LogP contribution in [0.2, 0.25) is 5.02 Å². The molecule has 2 aromatic carbocycles. The van der Waals surface area contributed by atoms with Crippen LogP contribution in [0.25, 0.3) is 6.08 Å². The van der Waals surface area contributed by atoms with E-state index in [0.717, 1.165) is 0 Å². The third kappa shape index (κ3) is 5.58. The predicted octanol–water partition coefficient (Wildman–Crippen LogP) is 4.62. The molecule has 0 saturated heterocycles. The first-order valence-electron chi connectivity index (χ1n) is 11.6. The molecule has 3 aromatic rings. The van der Waals surface area contributed by atoms with Gasteiger partial charge in [0.05, 0.1) is 39.5 Å². The van der Waals surface area contributed by atoms with E-state index in [1.807, 2.05) is 0 Å². The zero-order valence-electron chi connectivity index (χ0n) is 21.1. The van der Waals surface area contributed by atoms with Crippen molar-refractivity contribution in [2.24, 2.45) is 4.99 Å². The number of allylic oxidation sites excluding steroid dienone is 1. The average molecular weight is 616 g/mol. The maximum absolute atomic E-state index is 13.8. The molecule has 1 unspecified atom stereocenters. The highest BCUT2D eigenvalue weighted by Crippen LogP contribution is 2.37. The fourth-order valence-electron chi connectivity index (χ4n) is 4.05. The van der Waals surface area contributed by atoms with E-state index in [0.29, 0.717) is 52.7 Å². The number of halogens is 2. The van der Waals surface area contributed by atoms with Gasteiger partial charge in [-0.25, -0.2) is 9.79 Å². The summed E-state index contributed by atoms with van der Waals surface area (Å²) < 4.78 is 19.2. The second-order valence-electron chi connectivity index (χ2n) is 8.61. The third-order valence-corrected chi connectivity index (χ3v) is 7.44. The Labute approximate surface area is 237 Å². The Morgan fingerprint density at radius 1 is 1.32 bits per heavy atom. The van der Waals surface area contributed by atoms with Crippen molar-refractivity contribution in [3.63, 3.8) is 0 Å². The summed E-state index contributed by atoms with van der Waals surface area (Å²) in [6.45, 7) is 5.37. The van der Waals surface area contributed by atoms with E-state index in [1.165, 1.54) is 23.0 Å². The van der Waals surface area contributed by atoms with Crippen LogP contribution in [-0.2, 0) is 9.53 Å². The van der Waals surface area contributed by atoms with Crippen LogP contribution >= 0.6 is 38.9 Å². The number of carbonyl (C=O) groups is 1. The number of terminal acetylenes is 1. The van der Waals surface area contributed by atoms with Crippen molar-refractivity contribution in [3.8, 4) is 23.8 Å². The molecular weight excluding hydrogens is 592 g/mol. The van der Waals surface area contributed by atoms with Crippen molar-refractivity contribution in [1.29, 1.82) is 0 Å². The number of aromatic nitrogens is 1. The molecule has 7 nitrogen and oxygen atoms in total. The molecule has 0 spiro atoms. The first-order valence-corrected chi connectivity index (χ1v) is 13.6. The van der Waals surface area contributed by atoms with E-state index < -0.39 is 12.0 Å². The van der Waals surface area contributed by atoms with Crippen molar-refractivity contribution < 1.29 is 19.0 Å². The van der Waals surface area contributed by atoms with Gasteiger partial charge in [0.1, 0.15) is 6.61 Å². The molecule has 0 saturated carbocycles. The van der Waals surface area contributed by atoms with Gasteiger partial charge in [-0.15, -0.1) is 6.42 Å². The number of rotatable bonds is 7. The van der Waals surface area contributed by atoms with Crippen LogP contribution < -0.4 is 24.4 Å². The summed E-state index contributed by atoms with van der Waals surface area (Å²) in [6.07, 6.45) is 6.72. The van der Waals surface area contributed by atoms with Gasteiger partial charge in [-0.05, 0) is 78.2 Å². The Balaban J connectivity index is 1.90. The van der Waals surface area contributed by atoms with Gasteiger partial charge in [-0.1, -0.05) is 41.0 Å². The molecule has 38 heavy (non-hydrogen) atoms. The number of thiazole rings is 1. The number of hydrogen-bond donors (Lipinski definition) is 0. The maximum Gasteiger partial charge on any atom is 0.338 e. The molecular formula is C28H24BrClN2O5S. The molecule has 0 fully saturated rings. The fraction of sp³-hybridized carbons (Fsp3) is 0.250. The van der Waals surface area contributed by atoms with Gasteiger partial charge in [0.2, 0.25) is 0 Å². The Bertz CT molecular complexity index is 1650. The number of carbonyl (C=O) groups excluding carboxylic acids is 1. The lowest BCUT2D eigenvalue weighted by atomic mass is 9.96. The number of ether oxygens (including phenoxy) is 3. The van der Waals surface area contributed by atoms with E-state index in [9.17, 15) is 9.59 Å². The molecule has 4 rings (SSSR count). The van der Waals surface area contributed by atoms with Crippen LogP contribution in [0.4, 0.5) is 0 Å². The first-order chi connectivity index (χ1) is 18.1. The molecule has 1 atom stereocenters. The monoisotopic (exact) mass is 614 g/mol. The SMILES string of the molecule is C#CCOc1c(Br)cc(C=c2sc3n(c2=O)C(c2ccc(Cl)cc2)C(C(=O)OC(C)C)=C(C)N=3)cc1OC. The number of nitrogens with zero attached hydrogens (tertiary/aromatic N) is 2. The van der Waals surface area contributed by atoms with E-state index in [-0.39, 0.29) is 18.3 Å². The molecule has 10 heteroatoms. The Morgan fingerprint density at radius 3 is 2.66 bits per heavy atom. The molecule has 0 aliphatic carbocycles. The molecule has 0 amide bonds. The highest BCUT2D eigenvalue weighted by Gasteiger charge is 2.33. The van der Waals surface area contributed by atoms with Gasteiger partial charge in [-0.3, -0.25) is 9.36 Å². The standard InChI is InChI=1S/C28H24BrClN2O5S/c1-6-11-36-25-20(29)12-17(13-21(25)35-5)14-22-26(33)32-24(18-7-9-19(30)10-8-18)23(27(34)37-15(2)3)16(4)31-28(32)38-22/h1,7-10,12-15,24H,11H2,2-5H3. The fourth-order valence-corrected chi connectivity index (χ4v) is 5.80. The summed E-state index contributed by atoms with van der Waals surface area (Å²) in [7, 11) is 1.52. The second-order valence-corrected chi connectivity index (χ2v) is 10.9. The predicted molar refractivity (Wildman–Crippen MR) is 151 cm³/mol. The van der Waals surface area contributed by atoms with Gasteiger partial charge in [0.25, 0.3) is 5.56 Å². The number of hydrogen-bond acceptors (Lipinski definition) is 7. The van der Waals surface area contributed by atoms with Crippen LogP contribution in [-0.4, -0.2) is 30.4 Å². The van der Waals surface area contributed by atoms with Crippen LogP contribution in [0.15, 0.2) is 61.9 Å². The highest BCUT2D eigenvalue weighted by atomic mass is 79.9. The summed E-state index contributed by atoms with van der Waals surface area (Å²) in [5, 5.41) is 0.544. The lowest BCUT2D eigenvalue weighted by Crippen LogP contribution is -2.40. The maximum atomic E-state index is 13.8. The Kier molecular flexibility index (Phi) is 8.46. The first kappa shape index (κ1) is 27.7. The second kappa shape index (κ2) is 11.6. The van der Waals surface area contributed by atoms with Gasteiger partial charge in [0.15, 0.2) is 16.3 Å².